The quantitative estimate of drug-likeness (QED) is 0.671. The van der Waals surface area contributed by atoms with Crippen LogP contribution in [0.4, 0.5) is 15.9 Å². The van der Waals surface area contributed by atoms with Crippen molar-refractivity contribution >= 4 is 17.4 Å². The number of hydrogen-bond donors (Lipinski definition) is 2. The van der Waals surface area contributed by atoms with Crippen molar-refractivity contribution in [3.05, 3.63) is 77.7 Å². The van der Waals surface area contributed by atoms with Crippen LogP contribution in [0.25, 0.3) is 0 Å². The van der Waals surface area contributed by atoms with E-state index in [0.717, 1.165) is 11.4 Å². The first-order valence-electron chi connectivity index (χ1n) is 8.42. The lowest BCUT2D eigenvalue weighted by atomic mass is 10.1. The van der Waals surface area contributed by atoms with Crippen LogP contribution in [0.5, 0.6) is 5.75 Å². The second kappa shape index (κ2) is 8.75. The van der Waals surface area contributed by atoms with Crippen molar-refractivity contribution < 1.29 is 13.9 Å². The monoisotopic (exact) mass is 366 g/mol. The highest BCUT2D eigenvalue weighted by Gasteiger charge is 2.09. The molecule has 7 heteroatoms. The minimum absolute atomic E-state index is 0.198. The first-order valence-corrected chi connectivity index (χ1v) is 8.42. The molecule has 2 aromatic carbocycles. The van der Waals surface area contributed by atoms with Crippen molar-refractivity contribution in [2.24, 2.45) is 0 Å². The Hall–Kier alpha value is -3.48. The molecule has 3 aromatic rings. The molecule has 0 bridgehead atoms. The summed E-state index contributed by atoms with van der Waals surface area (Å²) in [5.74, 6) is 0.646. The smallest absolute Gasteiger partial charge is 0.271 e. The Morgan fingerprint density at radius 3 is 2.48 bits per heavy atom. The summed E-state index contributed by atoms with van der Waals surface area (Å²) in [6.45, 7) is 0.313. The average Bonchev–Trinajstić information content (AvgIpc) is 2.70. The van der Waals surface area contributed by atoms with Crippen molar-refractivity contribution in [2.75, 3.05) is 19.0 Å². The molecule has 0 saturated carbocycles. The van der Waals surface area contributed by atoms with Gasteiger partial charge in [0.1, 0.15) is 11.6 Å². The molecule has 0 radical (unpaired) electrons. The maximum absolute atomic E-state index is 13.6. The Labute approximate surface area is 156 Å². The summed E-state index contributed by atoms with van der Waals surface area (Å²) in [6, 6.07) is 17.1. The Balaban J connectivity index is 1.53. The van der Waals surface area contributed by atoms with E-state index in [1.807, 2.05) is 24.3 Å². The lowest BCUT2D eigenvalue weighted by Gasteiger charge is -2.07. The van der Waals surface area contributed by atoms with Crippen molar-refractivity contribution in [2.45, 2.75) is 6.42 Å². The second-order valence-corrected chi connectivity index (χ2v) is 5.75. The van der Waals surface area contributed by atoms with Gasteiger partial charge < -0.3 is 15.4 Å². The molecule has 1 aromatic heterocycles. The standard InChI is InChI=1S/C20H19FN4O2/c1-27-16-8-6-15(7-9-16)23-19-11-10-18(24-25-19)20(26)22-13-12-14-4-2-3-5-17(14)21/h2-11H,12-13H2,1H3,(H,22,26)(H,23,25). The van der Waals surface area contributed by atoms with Crippen LogP contribution in [0, 0.1) is 5.82 Å². The normalized spacial score (nSPS) is 10.3. The minimum atomic E-state index is -0.352. The first-order chi connectivity index (χ1) is 13.2. The molecule has 0 fully saturated rings. The van der Waals surface area contributed by atoms with E-state index >= 15 is 0 Å². The first kappa shape index (κ1) is 18.3. The zero-order chi connectivity index (χ0) is 19.1. The third kappa shape index (κ3) is 5.01. The minimum Gasteiger partial charge on any atom is -0.497 e. The van der Waals surface area contributed by atoms with Gasteiger partial charge in [-0.1, -0.05) is 18.2 Å². The Morgan fingerprint density at radius 2 is 1.81 bits per heavy atom. The summed E-state index contributed by atoms with van der Waals surface area (Å²) in [5, 5.41) is 13.7. The molecule has 0 atom stereocenters. The zero-order valence-electron chi connectivity index (χ0n) is 14.8. The molecule has 0 aliphatic heterocycles. The number of anilines is 2. The lowest BCUT2D eigenvalue weighted by molar-refractivity contribution is 0.0948. The van der Waals surface area contributed by atoms with Crippen LogP contribution in [-0.2, 0) is 6.42 Å². The molecular weight excluding hydrogens is 347 g/mol. The van der Waals surface area contributed by atoms with Crippen LogP contribution in [0.2, 0.25) is 0 Å². The highest BCUT2D eigenvalue weighted by molar-refractivity contribution is 5.92. The highest BCUT2D eigenvalue weighted by atomic mass is 19.1. The molecule has 27 heavy (non-hydrogen) atoms. The third-order valence-electron chi connectivity index (χ3n) is 3.90. The van der Waals surface area contributed by atoms with Gasteiger partial charge in [0.2, 0.25) is 0 Å². The SMILES string of the molecule is COc1ccc(Nc2ccc(C(=O)NCCc3ccccc3F)nn2)cc1. The largest absolute Gasteiger partial charge is 0.497 e. The molecule has 1 heterocycles. The number of nitrogens with one attached hydrogen (secondary N) is 2. The molecule has 1 amide bonds. The van der Waals surface area contributed by atoms with Gasteiger partial charge in [-0.2, -0.15) is 0 Å². The molecule has 2 N–H and O–H groups in total. The van der Waals surface area contributed by atoms with Crippen LogP contribution in [0.3, 0.4) is 0 Å². The summed E-state index contributed by atoms with van der Waals surface area (Å²) >= 11 is 0. The molecule has 138 valence electrons. The number of nitrogens with zero attached hydrogens (tertiary/aromatic N) is 2. The predicted octanol–water partition coefficient (Wildman–Crippen LogP) is 3.34. The number of methoxy groups -OCH3 is 1. The van der Waals surface area contributed by atoms with Gasteiger partial charge in [-0.15, -0.1) is 10.2 Å². The van der Waals surface area contributed by atoms with Gasteiger partial charge in [0, 0.05) is 12.2 Å². The number of ether oxygens (including phenoxy) is 1. The number of hydrogen-bond acceptors (Lipinski definition) is 5. The van der Waals surface area contributed by atoms with E-state index in [9.17, 15) is 9.18 Å². The Kier molecular flexibility index (Phi) is 5.94. The lowest BCUT2D eigenvalue weighted by Crippen LogP contribution is -2.27. The maximum Gasteiger partial charge on any atom is 0.271 e. The number of carbonyl (C=O) groups is 1. The van der Waals surface area contributed by atoms with Crippen molar-refractivity contribution in [1.29, 1.82) is 0 Å². The topological polar surface area (TPSA) is 76.1 Å². The fraction of sp³-hybridized carbons (Fsp3) is 0.150. The number of amides is 1. The van der Waals surface area contributed by atoms with Gasteiger partial charge >= 0.3 is 0 Å². The van der Waals surface area contributed by atoms with Crippen LogP contribution < -0.4 is 15.4 Å². The van der Waals surface area contributed by atoms with Gasteiger partial charge in [-0.25, -0.2) is 4.39 Å². The van der Waals surface area contributed by atoms with Crippen molar-refractivity contribution in [3.63, 3.8) is 0 Å². The molecule has 0 saturated heterocycles. The molecule has 0 spiro atoms. The fourth-order valence-electron chi connectivity index (χ4n) is 2.44. The number of rotatable bonds is 7. The van der Waals surface area contributed by atoms with Crippen molar-refractivity contribution in [1.82, 2.24) is 15.5 Å². The highest BCUT2D eigenvalue weighted by Crippen LogP contribution is 2.18. The van der Waals surface area contributed by atoms with E-state index in [-0.39, 0.29) is 17.4 Å². The van der Waals surface area contributed by atoms with E-state index in [0.29, 0.717) is 24.3 Å². The van der Waals surface area contributed by atoms with Gasteiger partial charge in [0.05, 0.1) is 7.11 Å². The molecular formula is C20H19FN4O2. The van der Waals surface area contributed by atoms with Crippen LogP contribution >= 0.6 is 0 Å². The van der Waals surface area contributed by atoms with Crippen LogP contribution in [0.1, 0.15) is 16.1 Å². The van der Waals surface area contributed by atoms with Crippen LogP contribution in [0.15, 0.2) is 60.7 Å². The molecule has 6 nitrogen and oxygen atoms in total. The van der Waals surface area contributed by atoms with E-state index in [1.165, 1.54) is 6.07 Å². The molecule has 0 unspecified atom stereocenters. The summed E-state index contributed by atoms with van der Waals surface area (Å²) < 4.78 is 18.7. The van der Waals surface area contributed by atoms with Gasteiger partial charge in [0.15, 0.2) is 11.5 Å². The van der Waals surface area contributed by atoms with Crippen LogP contribution in [-0.4, -0.2) is 29.8 Å². The fourth-order valence-corrected chi connectivity index (χ4v) is 2.44. The third-order valence-corrected chi connectivity index (χ3v) is 3.90. The number of aromatic nitrogens is 2. The summed E-state index contributed by atoms with van der Waals surface area (Å²) in [7, 11) is 1.61. The van der Waals surface area contributed by atoms with E-state index < -0.39 is 0 Å². The number of carbonyl (C=O) groups excluding carboxylic acids is 1. The number of benzene rings is 2. The van der Waals surface area contributed by atoms with Gasteiger partial charge in [0.25, 0.3) is 5.91 Å². The summed E-state index contributed by atoms with van der Waals surface area (Å²) in [6.07, 6.45) is 0.406. The summed E-state index contributed by atoms with van der Waals surface area (Å²) in [4.78, 5) is 12.1. The zero-order valence-corrected chi connectivity index (χ0v) is 14.8. The second-order valence-electron chi connectivity index (χ2n) is 5.75. The predicted molar refractivity (Wildman–Crippen MR) is 101 cm³/mol. The maximum atomic E-state index is 13.6. The Morgan fingerprint density at radius 1 is 1.04 bits per heavy atom. The van der Waals surface area contributed by atoms with E-state index in [4.69, 9.17) is 4.74 Å². The molecule has 0 aliphatic carbocycles. The van der Waals surface area contributed by atoms with Crippen molar-refractivity contribution in [3.8, 4) is 5.75 Å². The summed E-state index contributed by atoms with van der Waals surface area (Å²) in [5.41, 5.74) is 1.58. The average molecular weight is 366 g/mol. The van der Waals surface area contributed by atoms with E-state index in [2.05, 4.69) is 20.8 Å². The van der Waals surface area contributed by atoms with Gasteiger partial charge in [-0.05, 0) is 54.4 Å². The number of halogens is 1. The molecule has 3 rings (SSSR count). The van der Waals surface area contributed by atoms with Gasteiger partial charge in [-0.3, -0.25) is 4.79 Å². The molecule has 0 aliphatic rings. The Bertz CT molecular complexity index is 899. The van der Waals surface area contributed by atoms with E-state index in [1.54, 1.807) is 37.4 Å².